The quantitative estimate of drug-likeness (QED) is 0.649. The molecule has 1 atom stereocenters. The highest BCUT2D eigenvalue weighted by Gasteiger charge is 2.44. The van der Waals surface area contributed by atoms with Crippen molar-refractivity contribution < 1.29 is 17.9 Å². The number of carbonyl (C=O) groups is 1. The summed E-state index contributed by atoms with van der Waals surface area (Å²) in [7, 11) is -3.73. The van der Waals surface area contributed by atoms with Crippen LogP contribution >= 0.6 is 15.9 Å². The Balaban J connectivity index is 2.37. The molecular formula is C16H19BrN2O5S. The molecule has 1 unspecified atom stereocenters. The third-order valence-corrected chi connectivity index (χ3v) is 6.64. The minimum atomic E-state index is -3.73. The predicted octanol–water partition coefficient (Wildman–Crippen LogP) is 1.92. The highest BCUT2D eigenvalue weighted by Crippen LogP contribution is 2.24. The van der Waals surface area contributed by atoms with Gasteiger partial charge in [0.2, 0.25) is 0 Å². The highest BCUT2D eigenvalue weighted by atomic mass is 79.9. The summed E-state index contributed by atoms with van der Waals surface area (Å²) >= 11 is 3.32. The van der Waals surface area contributed by atoms with Gasteiger partial charge in [-0.05, 0) is 38.5 Å². The van der Waals surface area contributed by atoms with Crippen molar-refractivity contribution in [1.82, 2.24) is 9.55 Å². The first-order valence-electron chi connectivity index (χ1n) is 7.61. The molecule has 0 amide bonds. The zero-order chi connectivity index (χ0) is 18.8. The molecule has 1 aromatic heterocycles. The SMILES string of the molecule is CCOC(=O)C(C)(CCn1cnc2cc(Br)ccc2c1=O)S(C)(=O)=O. The highest BCUT2D eigenvalue weighted by molar-refractivity contribution is 9.10. The van der Waals surface area contributed by atoms with Crippen molar-refractivity contribution in [2.45, 2.75) is 31.6 Å². The zero-order valence-electron chi connectivity index (χ0n) is 14.2. The van der Waals surface area contributed by atoms with Crippen LogP contribution in [0.5, 0.6) is 0 Å². The van der Waals surface area contributed by atoms with E-state index in [9.17, 15) is 18.0 Å². The van der Waals surface area contributed by atoms with Crippen LogP contribution < -0.4 is 5.56 Å². The first-order chi connectivity index (χ1) is 11.6. The number of hydrogen-bond donors (Lipinski definition) is 0. The maximum atomic E-state index is 12.5. The summed E-state index contributed by atoms with van der Waals surface area (Å²) in [5.41, 5.74) is 0.240. The maximum absolute atomic E-state index is 12.5. The molecule has 136 valence electrons. The van der Waals surface area contributed by atoms with Crippen molar-refractivity contribution in [3.63, 3.8) is 0 Å². The van der Waals surface area contributed by atoms with E-state index >= 15 is 0 Å². The number of aromatic nitrogens is 2. The fourth-order valence-electron chi connectivity index (χ4n) is 2.35. The normalized spacial score (nSPS) is 14.2. The molecule has 2 aromatic rings. The van der Waals surface area contributed by atoms with E-state index in [0.717, 1.165) is 10.7 Å². The number of aryl methyl sites for hydroxylation is 1. The van der Waals surface area contributed by atoms with Crippen LogP contribution in [0.15, 0.2) is 33.8 Å². The van der Waals surface area contributed by atoms with Gasteiger partial charge < -0.3 is 4.74 Å². The van der Waals surface area contributed by atoms with Crippen molar-refractivity contribution in [3.05, 3.63) is 39.4 Å². The summed E-state index contributed by atoms with van der Waals surface area (Å²) in [4.78, 5) is 28.9. The minimum Gasteiger partial charge on any atom is -0.465 e. The summed E-state index contributed by atoms with van der Waals surface area (Å²) in [5.74, 6) is -0.816. The van der Waals surface area contributed by atoms with E-state index in [4.69, 9.17) is 4.74 Å². The van der Waals surface area contributed by atoms with E-state index in [1.54, 1.807) is 25.1 Å². The van der Waals surface area contributed by atoms with Crippen molar-refractivity contribution in [3.8, 4) is 0 Å². The molecule has 0 saturated heterocycles. The lowest BCUT2D eigenvalue weighted by atomic mass is 10.1. The molecule has 0 bridgehead atoms. The predicted molar refractivity (Wildman–Crippen MR) is 98.2 cm³/mol. The number of halogens is 1. The second-order valence-electron chi connectivity index (χ2n) is 5.88. The van der Waals surface area contributed by atoms with Gasteiger partial charge in [-0.15, -0.1) is 0 Å². The Morgan fingerprint density at radius 3 is 2.68 bits per heavy atom. The van der Waals surface area contributed by atoms with Crippen LogP contribution in [0.3, 0.4) is 0 Å². The molecule has 2 rings (SSSR count). The molecular weight excluding hydrogens is 412 g/mol. The van der Waals surface area contributed by atoms with Crippen LogP contribution in [0.1, 0.15) is 20.3 Å². The Bertz CT molecular complexity index is 970. The van der Waals surface area contributed by atoms with Crippen molar-refractivity contribution >= 4 is 42.6 Å². The van der Waals surface area contributed by atoms with E-state index in [2.05, 4.69) is 20.9 Å². The summed E-state index contributed by atoms with van der Waals surface area (Å²) in [6.45, 7) is 3.03. The molecule has 0 N–H and O–H groups in total. The average molecular weight is 431 g/mol. The second-order valence-corrected chi connectivity index (χ2v) is 9.24. The molecule has 0 radical (unpaired) electrons. The minimum absolute atomic E-state index is 0.0280. The molecule has 0 aliphatic heterocycles. The standard InChI is InChI=1S/C16H19BrN2O5S/c1-4-24-15(21)16(2,25(3,22)23)7-8-19-10-18-13-9-11(17)5-6-12(13)14(19)20/h5-6,9-10H,4,7-8H2,1-3H3. The van der Waals surface area contributed by atoms with Gasteiger partial charge in [-0.3, -0.25) is 14.2 Å². The third-order valence-electron chi connectivity index (χ3n) is 4.14. The van der Waals surface area contributed by atoms with Crippen molar-refractivity contribution in [1.29, 1.82) is 0 Å². The van der Waals surface area contributed by atoms with Crippen LogP contribution in [0, 0.1) is 0 Å². The number of benzene rings is 1. The number of nitrogens with zero attached hydrogens (tertiary/aromatic N) is 2. The molecule has 0 spiro atoms. The fourth-order valence-corrected chi connectivity index (χ4v) is 3.52. The molecule has 0 aliphatic carbocycles. The molecule has 0 fully saturated rings. The van der Waals surface area contributed by atoms with Gasteiger partial charge in [0.15, 0.2) is 14.6 Å². The van der Waals surface area contributed by atoms with E-state index in [1.165, 1.54) is 17.8 Å². The van der Waals surface area contributed by atoms with Gasteiger partial charge in [0.25, 0.3) is 5.56 Å². The van der Waals surface area contributed by atoms with Gasteiger partial charge in [-0.1, -0.05) is 15.9 Å². The first kappa shape index (κ1) is 19.6. The van der Waals surface area contributed by atoms with Gasteiger partial charge in [-0.25, -0.2) is 13.4 Å². The monoisotopic (exact) mass is 430 g/mol. The van der Waals surface area contributed by atoms with Crippen LogP contribution in [0.4, 0.5) is 0 Å². The Kier molecular flexibility index (Phi) is 5.68. The van der Waals surface area contributed by atoms with Crippen LogP contribution in [-0.2, 0) is 25.9 Å². The lowest BCUT2D eigenvalue weighted by Crippen LogP contribution is -2.45. The average Bonchev–Trinajstić information content (AvgIpc) is 2.53. The lowest BCUT2D eigenvalue weighted by Gasteiger charge is -2.25. The van der Waals surface area contributed by atoms with Crippen molar-refractivity contribution in [2.75, 3.05) is 12.9 Å². The van der Waals surface area contributed by atoms with Gasteiger partial charge >= 0.3 is 5.97 Å². The summed E-state index contributed by atoms with van der Waals surface area (Å²) < 4.78 is 29.5. The number of esters is 1. The van der Waals surface area contributed by atoms with Crippen LogP contribution in [-0.4, -0.2) is 41.5 Å². The molecule has 1 heterocycles. The number of sulfone groups is 1. The van der Waals surface area contributed by atoms with Crippen LogP contribution in [0.2, 0.25) is 0 Å². The summed E-state index contributed by atoms with van der Waals surface area (Å²) in [6, 6.07) is 5.10. The van der Waals surface area contributed by atoms with Crippen LogP contribution in [0.25, 0.3) is 10.9 Å². The van der Waals surface area contributed by atoms with Gasteiger partial charge in [0, 0.05) is 17.3 Å². The zero-order valence-corrected chi connectivity index (χ0v) is 16.6. The summed E-state index contributed by atoms with van der Waals surface area (Å²) in [6.07, 6.45) is 2.25. The number of rotatable bonds is 6. The topological polar surface area (TPSA) is 95.3 Å². The largest absolute Gasteiger partial charge is 0.465 e. The number of carbonyl (C=O) groups excluding carboxylic acids is 1. The molecule has 1 aromatic carbocycles. The first-order valence-corrected chi connectivity index (χ1v) is 10.3. The Morgan fingerprint density at radius 2 is 2.08 bits per heavy atom. The maximum Gasteiger partial charge on any atom is 0.327 e. The van der Waals surface area contributed by atoms with E-state index in [-0.39, 0.29) is 25.1 Å². The molecule has 0 aliphatic rings. The lowest BCUT2D eigenvalue weighted by molar-refractivity contribution is -0.146. The molecule has 25 heavy (non-hydrogen) atoms. The third kappa shape index (κ3) is 3.92. The van der Waals surface area contributed by atoms with E-state index in [0.29, 0.717) is 10.9 Å². The fraction of sp³-hybridized carbons (Fsp3) is 0.438. The Hall–Kier alpha value is -1.74. The smallest absolute Gasteiger partial charge is 0.327 e. The van der Waals surface area contributed by atoms with Gasteiger partial charge in [0.05, 0.1) is 23.8 Å². The van der Waals surface area contributed by atoms with Crippen molar-refractivity contribution in [2.24, 2.45) is 0 Å². The second kappa shape index (κ2) is 7.25. The Labute approximate surface area is 154 Å². The van der Waals surface area contributed by atoms with E-state index in [1.807, 2.05) is 0 Å². The molecule has 0 saturated carbocycles. The molecule has 7 nitrogen and oxygen atoms in total. The van der Waals surface area contributed by atoms with Gasteiger partial charge in [0.1, 0.15) is 0 Å². The summed E-state index contributed by atoms with van der Waals surface area (Å²) in [5, 5.41) is 0.419. The number of fused-ring (bicyclic) bond motifs is 1. The number of ether oxygens (including phenoxy) is 1. The van der Waals surface area contributed by atoms with E-state index < -0.39 is 20.6 Å². The molecule has 9 heteroatoms. The van der Waals surface area contributed by atoms with Gasteiger partial charge in [-0.2, -0.15) is 0 Å². The Morgan fingerprint density at radius 1 is 1.40 bits per heavy atom. The number of hydrogen-bond acceptors (Lipinski definition) is 6.